The molecule has 0 aromatic heterocycles. The molecule has 4 heteroatoms. The number of likely N-dealkylation sites (tertiary alicyclic amines) is 1. The van der Waals surface area contributed by atoms with Crippen LogP contribution in [0.5, 0.6) is 0 Å². The highest BCUT2D eigenvalue weighted by Gasteiger charge is 2.20. The van der Waals surface area contributed by atoms with E-state index in [1.54, 1.807) is 13.0 Å². The number of methoxy groups -OCH3 is 1. The first-order valence-corrected chi connectivity index (χ1v) is 6.61. The van der Waals surface area contributed by atoms with E-state index in [-0.39, 0.29) is 11.9 Å². The number of carbonyl (C=O) groups is 2. The third-order valence-electron chi connectivity index (χ3n) is 3.63. The van der Waals surface area contributed by atoms with Crippen LogP contribution in [-0.2, 0) is 14.3 Å². The maximum absolute atomic E-state index is 11.9. The molecule has 1 aliphatic heterocycles. The quantitative estimate of drug-likeness (QED) is 0.569. The molecule has 102 valence electrons. The Morgan fingerprint density at radius 1 is 1.50 bits per heavy atom. The molecule has 0 saturated carbocycles. The summed E-state index contributed by atoms with van der Waals surface area (Å²) < 4.78 is 4.63. The molecule has 1 atom stereocenters. The first-order valence-electron chi connectivity index (χ1n) is 6.61. The molecule has 1 heterocycles. The average Bonchev–Trinajstić information content (AvgIpc) is 2.57. The maximum atomic E-state index is 11.9. The smallest absolute Gasteiger partial charge is 0.333 e. The molecule has 0 aliphatic carbocycles. The Morgan fingerprint density at radius 3 is 2.83 bits per heavy atom. The van der Waals surface area contributed by atoms with Crippen LogP contribution in [0, 0.1) is 5.92 Å². The Labute approximate surface area is 109 Å². The lowest BCUT2D eigenvalue weighted by Gasteiger charge is -2.19. The number of amides is 1. The van der Waals surface area contributed by atoms with E-state index in [9.17, 15) is 9.59 Å². The number of nitrogens with zero attached hydrogens (tertiary/aromatic N) is 1. The topological polar surface area (TPSA) is 46.6 Å². The monoisotopic (exact) mass is 253 g/mol. The van der Waals surface area contributed by atoms with Gasteiger partial charge in [-0.3, -0.25) is 4.79 Å². The molecule has 0 spiro atoms. The standard InChI is InChI=1S/C14H23NO3/c1-4-12-5-6-13(16)15(10-8-12)9-7-11(2)14(17)18-3/h7,12H,4-6,8-10H2,1-3H3. The molecular weight excluding hydrogens is 230 g/mol. The second kappa shape index (κ2) is 7.19. The predicted octanol–water partition coefficient (Wildman–Crippen LogP) is 2.14. The highest BCUT2D eigenvalue weighted by Crippen LogP contribution is 2.20. The Kier molecular flexibility index (Phi) is 5.89. The first-order chi connectivity index (χ1) is 8.58. The van der Waals surface area contributed by atoms with Crippen molar-refractivity contribution in [3.8, 4) is 0 Å². The number of carbonyl (C=O) groups excluding carboxylic acids is 2. The average molecular weight is 253 g/mol. The van der Waals surface area contributed by atoms with Crippen molar-refractivity contribution >= 4 is 11.9 Å². The first kappa shape index (κ1) is 14.7. The minimum Gasteiger partial charge on any atom is -0.466 e. The molecule has 0 aromatic rings. The van der Waals surface area contributed by atoms with Gasteiger partial charge in [0.25, 0.3) is 0 Å². The summed E-state index contributed by atoms with van der Waals surface area (Å²) in [6, 6.07) is 0. The lowest BCUT2D eigenvalue weighted by atomic mass is 9.98. The summed E-state index contributed by atoms with van der Waals surface area (Å²) in [5.41, 5.74) is 0.557. The van der Waals surface area contributed by atoms with Crippen molar-refractivity contribution in [2.45, 2.75) is 39.5 Å². The minimum absolute atomic E-state index is 0.194. The van der Waals surface area contributed by atoms with Crippen LogP contribution in [0.4, 0.5) is 0 Å². The van der Waals surface area contributed by atoms with Crippen LogP contribution < -0.4 is 0 Å². The highest BCUT2D eigenvalue weighted by atomic mass is 16.5. The zero-order valence-corrected chi connectivity index (χ0v) is 11.6. The van der Waals surface area contributed by atoms with E-state index >= 15 is 0 Å². The van der Waals surface area contributed by atoms with Gasteiger partial charge in [-0.1, -0.05) is 19.4 Å². The van der Waals surface area contributed by atoms with Crippen molar-refractivity contribution in [1.82, 2.24) is 4.90 Å². The zero-order valence-electron chi connectivity index (χ0n) is 11.6. The fourth-order valence-electron chi connectivity index (χ4n) is 2.19. The molecule has 18 heavy (non-hydrogen) atoms. The van der Waals surface area contributed by atoms with E-state index in [0.29, 0.717) is 24.5 Å². The number of hydrogen-bond acceptors (Lipinski definition) is 3. The molecule has 1 rings (SSSR count). The van der Waals surface area contributed by atoms with E-state index in [2.05, 4.69) is 11.7 Å². The molecule has 0 bridgehead atoms. The van der Waals surface area contributed by atoms with Gasteiger partial charge in [-0.2, -0.15) is 0 Å². The van der Waals surface area contributed by atoms with E-state index in [1.807, 2.05) is 4.90 Å². The molecule has 1 saturated heterocycles. The van der Waals surface area contributed by atoms with Gasteiger partial charge in [0.15, 0.2) is 0 Å². The van der Waals surface area contributed by atoms with Gasteiger partial charge in [0, 0.05) is 25.1 Å². The summed E-state index contributed by atoms with van der Waals surface area (Å²) in [7, 11) is 1.36. The van der Waals surface area contributed by atoms with Crippen molar-refractivity contribution in [2.75, 3.05) is 20.2 Å². The van der Waals surface area contributed by atoms with E-state index in [1.165, 1.54) is 7.11 Å². The normalized spacial score (nSPS) is 21.7. The molecule has 1 unspecified atom stereocenters. The molecular formula is C14H23NO3. The zero-order chi connectivity index (χ0) is 13.5. The largest absolute Gasteiger partial charge is 0.466 e. The summed E-state index contributed by atoms with van der Waals surface area (Å²) in [6.07, 6.45) is 5.59. The van der Waals surface area contributed by atoms with Crippen LogP contribution in [0.2, 0.25) is 0 Å². The third kappa shape index (κ3) is 4.17. The van der Waals surface area contributed by atoms with E-state index < -0.39 is 0 Å². The van der Waals surface area contributed by atoms with Crippen molar-refractivity contribution in [3.05, 3.63) is 11.6 Å². The summed E-state index contributed by atoms with van der Waals surface area (Å²) in [5.74, 6) is 0.521. The molecule has 1 amide bonds. The summed E-state index contributed by atoms with van der Waals surface area (Å²) in [4.78, 5) is 25.0. The van der Waals surface area contributed by atoms with Gasteiger partial charge < -0.3 is 9.64 Å². The van der Waals surface area contributed by atoms with Crippen LogP contribution in [0.15, 0.2) is 11.6 Å². The van der Waals surface area contributed by atoms with Crippen molar-refractivity contribution in [1.29, 1.82) is 0 Å². The molecule has 0 radical (unpaired) electrons. The second-order valence-electron chi connectivity index (χ2n) is 4.82. The van der Waals surface area contributed by atoms with Gasteiger partial charge in [0.1, 0.15) is 0 Å². The number of esters is 1. The van der Waals surface area contributed by atoms with Crippen LogP contribution in [0.3, 0.4) is 0 Å². The molecule has 1 aliphatic rings. The van der Waals surface area contributed by atoms with E-state index in [0.717, 1.165) is 25.8 Å². The van der Waals surface area contributed by atoms with E-state index in [4.69, 9.17) is 0 Å². The fourth-order valence-corrected chi connectivity index (χ4v) is 2.19. The number of rotatable bonds is 4. The summed E-state index contributed by atoms with van der Waals surface area (Å²) >= 11 is 0. The third-order valence-corrected chi connectivity index (χ3v) is 3.63. The summed E-state index contributed by atoms with van der Waals surface area (Å²) in [5, 5.41) is 0. The Balaban J connectivity index is 2.55. The predicted molar refractivity (Wildman–Crippen MR) is 70.0 cm³/mol. The van der Waals surface area contributed by atoms with Gasteiger partial charge in [0.2, 0.25) is 5.91 Å². The Morgan fingerprint density at radius 2 is 2.22 bits per heavy atom. The number of ether oxygens (including phenoxy) is 1. The van der Waals surface area contributed by atoms with Gasteiger partial charge in [-0.25, -0.2) is 4.79 Å². The Hall–Kier alpha value is -1.32. The lowest BCUT2D eigenvalue weighted by molar-refractivity contribution is -0.136. The molecule has 4 nitrogen and oxygen atoms in total. The number of hydrogen-bond donors (Lipinski definition) is 0. The fraction of sp³-hybridized carbons (Fsp3) is 0.714. The van der Waals surface area contributed by atoms with Gasteiger partial charge in [0.05, 0.1) is 7.11 Å². The van der Waals surface area contributed by atoms with Crippen LogP contribution in [0.1, 0.15) is 39.5 Å². The second-order valence-corrected chi connectivity index (χ2v) is 4.82. The highest BCUT2D eigenvalue weighted by molar-refractivity contribution is 5.87. The maximum Gasteiger partial charge on any atom is 0.333 e. The van der Waals surface area contributed by atoms with Crippen molar-refractivity contribution in [3.63, 3.8) is 0 Å². The lowest BCUT2D eigenvalue weighted by Crippen LogP contribution is -2.30. The van der Waals surface area contributed by atoms with Crippen LogP contribution in [-0.4, -0.2) is 37.0 Å². The van der Waals surface area contributed by atoms with Crippen molar-refractivity contribution in [2.24, 2.45) is 5.92 Å². The summed E-state index contributed by atoms with van der Waals surface area (Å²) in [6.45, 7) is 5.19. The molecule has 1 fully saturated rings. The van der Waals surface area contributed by atoms with Gasteiger partial charge >= 0.3 is 5.97 Å². The van der Waals surface area contributed by atoms with Crippen LogP contribution in [0.25, 0.3) is 0 Å². The van der Waals surface area contributed by atoms with Crippen LogP contribution >= 0.6 is 0 Å². The van der Waals surface area contributed by atoms with Gasteiger partial charge in [-0.15, -0.1) is 0 Å². The van der Waals surface area contributed by atoms with Crippen molar-refractivity contribution < 1.29 is 14.3 Å². The van der Waals surface area contributed by atoms with Gasteiger partial charge in [-0.05, 0) is 25.7 Å². The SMILES string of the molecule is CCC1CCC(=O)N(CC=C(C)C(=O)OC)CC1. The molecule has 0 aromatic carbocycles. The minimum atomic E-state index is -0.330. The molecule has 0 N–H and O–H groups in total. The Bertz CT molecular complexity index is 336.